The fourth-order valence-electron chi connectivity index (χ4n) is 3.26. The maximum atomic E-state index is 12.9. The first-order valence-electron chi connectivity index (χ1n) is 9.22. The molecule has 0 atom stereocenters. The molecule has 1 heterocycles. The molecule has 0 aliphatic heterocycles. The zero-order valence-electron chi connectivity index (χ0n) is 16.3. The van der Waals surface area contributed by atoms with Gasteiger partial charge in [-0.3, -0.25) is 0 Å². The highest BCUT2D eigenvalue weighted by Gasteiger charge is 2.28. The van der Waals surface area contributed by atoms with E-state index in [0.717, 1.165) is 0 Å². The lowest BCUT2D eigenvalue weighted by molar-refractivity contribution is 0.138. The van der Waals surface area contributed by atoms with Crippen LogP contribution in [0.5, 0.6) is 17.4 Å². The molecule has 0 unspecified atom stereocenters. The van der Waals surface area contributed by atoms with Crippen molar-refractivity contribution in [2.24, 2.45) is 0 Å². The van der Waals surface area contributed by atoms with E-state index in [1.165, 1.54) is 26.5 Å². The fraction of sp³-hybridized carbons (Fsp3) is 0.400. The number of ether oxygens (including phenoxy) is 3. The van der Waals surface area contributed by atoms with Crippen LogP contribution in [0.15, 0.2) is 41.4 Å². The van der Waals surface area contributed by atoms with Gasteiger partial charge in [0.25, 0.3) is 0 Å². The molecule has 0 saturated heterocycles. The summed E-state index contributed by atoms with van der Waals surface area (Å²) in [5, 5.41) is 8.81. The smallest absolute Gasteiger partial charge is 0.244 e. The number of nitrogens with zero attached hydrogens (tertiary/aromatic N) is 2. The van der Waals surface area contributed by atoms with Gasteiger partial charge in [-0.1, -0.05) is 0 Å². The van der Waals surface area contributed by atoms with E-state index in [0.29, 0.717) is 42.9 Å². The van der Waals surface area contributed by atoms with Crippen LogP contribution in [0.4, 0.5) is 0 Å². The number of nitrogens with one attached hydrogen (secondary N) is 1. The lowest BCUT2D eigenvalue weighted by Gasteiger charge is -2.29. The van der Waals surface area contributed by atoms with Crippen molar-refractivity contribution in [3.63, 3.8) is 0 Å². The van der Waals surface area contributed by atoms with E-state index < -0.39 is 10.0 Å². The summed E-state index contributed by atoms with van der Waals surface area (Å²) in [6.07, 6.45) is 4.12. The number of hydrogen-bond donors (Lipinski definition) is 1. The number of benzene rings is 1. The molecule has 0 amide bonds. The standard InChI is InChI=1S/C20H23N3O5S/c1-26-17-8-9-18(27-2)19(11-17)29(24,25)23-15-4-6-16(7-5-15)28-20-10-3-14(12-21)13-22-20/h3,8-11,13,15-16,23H,4-7H2,1-2H3. The first-order valence-corrected chi connectivity index (χ1v) is 10.7. The Bertz CT molecular complexity index is 978. The molecule has 9 heteroatoms. The Morgan fingerprint density at radius 1 is 1.10 bits per heavy atom. The van der Waals surface area contributed by atoms with E-state index in [9.17, 15) is 8.42 Å². The minimum absolute atomic E-state index is 0.0393. The van der Waals surface area contributed by atoms with Crippen LogP contribution in [-0.2, 0) is 10.0 Å². The minimum Gasteiger partial charge on any atom is -0.497 e. The summed E-state index contributed by atoms with van der Waals surface area (Å²) in [4.78, 5) is 4.17. The predicted octanol–water partition coefficient (Wildman–Crippen LogP) is 2.64. The summed E-state index contributed by atoms with van der Waals surface area (Å²) in [5.74, 6) is 1.18. The van der Waals surface area contributed by atoms with Gasteiger partial charge in [-0.15, -0.1) is 0 Å². The van der Waals surface area contributed by atoms with Gasteiger partial charge in [-0.2, -0.15) is 5.26 Å². The minimum atomic E-state index is -3.76. The van der Waals surface area contributed by atoms with Crippen molar-refractivity contribution < 1.29 is 22.6 Å². The molecule has 0 radical (unpaired) electrons. The molecule has 154 valence electrons. The first kappa shape index (κ1) is 20.9. The molecule has 1 fully saturated rings. The largest absolute Gasteiger partial charge is 0.497 e. The molecule has 1 aromatic carbocycles. The summed E-state index contributed by atoms with van der Waals surface area (Å²) in [6, 6.07) is 9.82. The molecule has 0 spiro atoms. The van der Waals surface area contributed by atoms with E-state index in [2.05, 4.69) is 9.71 Å². The zero-order valence-corrected chi connectivity index (χ0v) is 17.1. The molecule has 0 bridgehead atoms. The predicted molar refractivity (Wildman–Crippen MR) is 105 cm³/mol. The number of rotatable bonds is 7. The fourth-order valence-corrected chi connectivity index (χ4v) is 4.75. The van der Waals surface area contributed by atoms with Gasteiger partial charge in [0.15, 0.2) is 0 Å². The van der Waals surface area contributed by atoms with E-state index in [-0.39, 0.29) is 22.8 Å². The Kier molecular flexibility index (Phi) is 6.56. The third kappa shape index (κ3) is 5.16. The van der Waals surface area contributed by atoms with Crippen LogP contribution in [0.3, 0.4) is 0 Å². The molecule has 3 rings (SSSR count). The van der Waals surface area contributed by atoms with Gasteiger partial charge in [0, 0.05) is 24.4 Å². The SMILES string of the molecule is COc1ccc(OC)c(S(=O)(=O)NC2CCC(Oc3ccc(C#N)cn3)CC2)c1. The molecule has 1 aliphatic rings. The zero-order chi connectivity index (χ0) is 20.9. The molecular weight excluding hydrogens is 394 g/mol. The van der Waals surface area contributed by atoms with Crippen molar-refractivity contribution in [3.8, 4) is 23.4 Å². The number of nitriles is 1. The lowest BCUT2D eigenvalue weighted by Crippen LogP contribution is -2.39. The average Bonchev–Trinajstić information content (AvgIpc) is 2.75. The maximum Gasteiger partial charge on any atom is 0.244 e. The van der Waals surface area contributed by atoms with Crippen LogP contribution in [0.1, 0.15) is 31.2 Å². The number of aromatic nitrogens is 1. The van der Waals surface area contributed by atoms with Gasteiger partial charge in [0.1, 0.15) is 28.6 Å². The number of pyridine rings is 1. The lowest BCUT2D eigenvalue weighted by atomic mass is 9.94. The second-order valence-electron chi connectivity index (χ2n) is 6.73. The molecule has 1 aromatic heterocycles. The van der Waals surface area contributed by atoms with Crippen LogP contribution >= 0.6 is 0 Å². The third-order valence-corrected chi connectivity index (χ3v) is 6.35. The molecule has 8 nitrogen and oxygen atoms in total. The third-order valence-electron chi connectivity index (χ3n) is 4.81. The second kappa shape index (κ2) is 9.11. The van der Waals surface area contributed by atoms with Crippen molar-refractivity contribution >= 4 is 10.0 Å². The maximum absolute atomic E-state index is 12.9. The Labute approximate surface area is 170 Å². The highest BCUT2D eigenvalue weighted by Crippen LogP contribution is 2.30. The van der Waals surface area contributed by atoms with Crippen molar-refractivity contribution in [2.75, 3.05) is 14.2 Å². The van der Waals surface area contributed by atoms with Crippen LogP contribution in [0, 0.1) is 11.3 Å². The Balaban J connectivity index is 1.60. The Hall–Kier alpha value is -2.83. The molecule has 1 N–H and O–H groups in total. The second-order valence-corrected chi connectivity index (χ2v) is 8.41. The molecule has 2 aromatic rings. The van der Waals surface area contributed by atoms with E-state index in [1.54, 1.807) is 24.3 Å². The van der Waals surface area contributed by atoms with E-state index in [1.807, 2.05) is 6.07 Å². The molecule has 29 heavy (non-hydrogen) atoms. The van der Waals surface area contributed by atoms with E-state index in [4.69, 9.17) is 19.5 Å². The molecule has 1 aliphatic carbocycles. The molecular formula is C20H23N3O5S. The van der Waals surface area contributed by atoms with Crippen molar-refractivity contribution in [2.45, 2.75) is 42.7 Å². The van der Waals surface area contributed by atoms with Crippen molar-refractivity contribution in [1.82, 2.24) is 9.71 Å². The van der Waals surface area contributed by atoms with Crippen LogP contribution < -0.4 is 18.9 Å². The summed E-state index contributed by atoms with van der Waals surface area (Å²) < 4.78 is 44.7. The number of methoxy groups -OCH3 is 2. The van der Waals surface area contributed by atoms with Gasteiger partial charge < -0.3 is 14.2 Å². The number of hydrogen-bond acceptors (Lipinski definition) is 7. The number of sulfonamides is 1. The quantitative estimate of drug-likeness (QED) is 0.737. The average molecular weight is 417 g/mol. The Morgan fingerprint density at radius 2 is 1.86 bits per heavy atom. The molecule has 1 saturated carbocycles. The summed E-state index contributed by atoms with van der Waals surface area (Å²) in [6.45, 7) is 0. The van der Waals surface area contributed by atoms with Crippen molar-refractivity contribution in [1.29, 1.82) is 5.26 Å². The van der Waals surface area contributed by atoms with Crippen LogP contribution in [0.25, 0.3) is 0 Å². The first-order chi connectivity index (χ1) is 13.9. The summed E-state index contributed by atoms with van der Waals surface area (Å²) in [7, 11) is -0.845. The van der Waals surface area contributed by atoms with Crippen LogP contribution in [-0.4, -0.2) is 39.8 Å². The van der Waals surface area contributed by atoms with Gasteiger partial charge in [-0.25, -0.2) is 18.1 Å². The van der Waals surface area contributed by atoms with Gasteiger partial charge in [-0.05, 0) is 43.9 Å². The van der Waals surface area contributed by atoms with Crippen LogP contribution in [0.2, 0.25) is 0 Å². The monoisotopic (exact) mass is 417 g/mol. The normalized spacial score (nSPS) is 19.2. The van der Waals surface area contributed by atoms with Gasteiger partial charge in [0.05, 0.1) is 19.8 Å². The highest BCUT2D eigenvalue weighted by atomic mass is 32.2. The van der Waals surface area contributed by atoms with Gasteiger partial charge >= 0.3 is 0 Å². The highest BCUT2D eigenvalue weighted by molar-refractivity contribution is 7.89. The summed E-state index contributed by atoms with van der Waals surface area (Å²) >= 11 is 0. The van der Waals surface area contributed by atoms with Gasteiger partial charge in [0.2, 0.25) is 15.9 Å². The topological polar surface area (TPSA) is 111 Å². The van der Waals surface area contributed by atoms with Crippen molar-refractivity contribution in [3.05, 3.63) is 42.1 Å². The summed E-state index contributed by atoms with van der Waals surface area (Å²) in [5.41, 5.74) is 0.475. The Morgan fingerprint density at radius 3 is 2.45 bits per heavy atom. The van der Waals surface area contributed by atoms with E-state index >= 15 is 0 Å².